The summed E-state index contributed by atoms with van der Waals surface area (Å²) >= 11 is 0. The predicted octanol–water partition coefficient (Wildman–Crippen LogP) is 4.23. The summed E-state index contributed by atoms with van der Waals surface area (Å²) in [5.74, 6) is 1.97. The van der Waals surface area contributed by atoms with Gasteiger partial charge in [0.05, 0.1) is 0 Å². The zero-order chi connectivity index (χ0) is 14.9. The molecule has 2 heteroatoms. The molecular formula is C19H29NO. The normalized spacial score (nSPS) is 31.8. The van der Waals surface area contributed by atoms with E-state index in [1.165, 1.54) is 43.2 Å². The van der Waals surface area contributed by atoms with Gasteiger partial charge in [-0.05, 0) is 55.7 Å². The molecule has 1 aromatic rings. The van der Waals surface area contributed by atoms with Crippen molar-refractivity contribution in [3.8, 4) is 5.75 Å². The van der Waals surface area contributed by atoms with E-state index in [-0.39, 0.29) is 0 Å². The Morgan fingerprint density at radius 2 is 2.24 bits per heavy atom. The molecule has 2 nitrogen and oxygen atoms in total. The van der Waals surface area contributed by atoms with Crippen LogP contribution < -0.4 is 10.5 Å². The Hall–Kier alpha value is -1.02. The van der Waals surface area contributed by atoms with Crippen LogP contribution in [0.15, 0.2) is 18.2 Å². The van der Waals surface area contributed by atoms with Crippen molar-refractivity contribution in [1.29, 1.82) is 0 Å². The second kappa shape index (κ2) is 6.00. The number of rotatable bonds is 4. The lowest BCUT2D eigenvalue weighted by Crippen LogP contribution is -2.39. The van der Waals surface area contributed by atoms with Crippen LogP contribution in [0, 0.1) is 18.3 Å². The summed E-state index contributed by atoms with van der Waals surface area (Å²) in [6.07, 6.45) is 9.15. The summed E-state index contributed by atoms with van der Waals surface area (Å²) in [6, 6.07) is 6.56. The molecule has 1 saturated carbocycles. The monoisotopic (exact) mass is 287 g/mol. The minimum Gasteiger partial charge on any atom is -0.490 e. The molecule has 0 amide bonds. The molecule has 3 rings (SSSR count). The van der Waals surface area contributed by atoms with E-state index < -0.39 is 0 Å². The second-order valence-corrected chi connectivity index (χ2v) is 7.33. The van der Waals surface area contributed by atoms with Crippen molar-refractivity contribution in [2.75, 3.05) is 6.54 Å². The van der Waals surface area contributed by atoms with Gasteiger partial charge in [-0.1, -0.05) is 43.9 Å². The highest BCUT2D eigenvalue weighted by Gasteiger charge is 2.38. The van der Waals surface area contributed by atoms with Gasteiger partial charge in [0.25, 0.3) is 0 Å². The Labute approximate surface area is 129 Å². The zero-order valence-corrected chi connectivity index (χ0v) is 13.5. The maximum absolute atomic E-state index is 6.21. The van der Waals surface area contributed by atoms with Gasteiger partial charge in [0.1, 0.15) is 11.9 Å². The quantitative estimate of drug-likeness (QED) is 0.899. The molecule has 116 valence electrons. The molecule has 2 aliphatic rings. The molecule has 0 aromatic heterocycles. The molecule has 1 fully saturated rings. The van der Waals surface area contributed by atoms with Crippen LogP contribution in [0.5, 0.6) is 5.75 Å². The summed E-state index contributed by atoms with van der Waals surface area (Å²) in [7, 11) is 0. The number of hydrogen-bond acceptors (Lipinski definition) is 2. The molecule has 3 unspecified atom stereocenters. The van der Waals surface area contributed by atoms with Crippen molar-refractivity contribution in [1.82, 2.24) is 0 Å². The van der Waals surface area contributed by atoms with Gasteiger partial charge in [0.2, 0.25) is 0 Å². The van der Waals surface area contributed by atoms with Crippen LogP contribution in [-0.4, -0.2) is 12.6 Å². The number of aryl methyl sites for hydroxylation is 1. The van der Waals surface area contributed by atoms with Crippen LogP contribution >= 0.6 is 0 Å². The van der Waals surface area contributed by atoms with Crippen molar-refractivity contribution in [3.63, 3.8) is 0 Å². The van der Waals surface area contributed by atoms with E-state index in [0.717, 1.165) is 31.1 Å². The van der Waals surface area contributed by atoms with Crippen molar-refractivity contribution in [3.05, 3.63) is 29.3 Å². The Morgan fingerprint density at radius 3 is 3.00 bits per heavy atom. The number of hydrogen-bond donors (Lipinski definition) is 1. The summed E-state index contributed by atoms with van der Waals surface area (Å²) in [4.78, 5) is 0. The highest BCUT2D eigenvalue weighted by atomic mass is 16.5. The third kappa shape index (κ3) is 3.11. The van der Waals surface area contributed by atoms with Gasteiger partial charge >= 0.3 is 0 Å². The smallest absolute Gasteiger partial charge is 0.123 e. The standard InChI is InChI=1S/C19H29NO/c1-3-15-5-4-8-19(11-15,13-20)12-17-10-16-9-14(2)6-7-18(16)21-17/h6-7,9,15,17H,3-5,8,10-13,20H2,1-2H3. The van der Waals surface area contributed by atoms with E-state index in [1.807, 2.05) is 0 Å². The van der Waals surface area contributed by atoms with Gasteiger partial charge in [-0.3, -0.25) is 0 Å². The molecule has 1 aliphatic carbocycles. The number of nitrogens with two attached hydrogens (primary N) is 1. The molecule has 21 heavy (non-hydrogen) atoms. The minimum atomic E-state index is 0.320. The van der Waals surface area contributed by atoms with Crippen LogP contribution in [0.25, 0.3) is 0 Å². The van der Waals surface area contributed by atoms with Gasteiger partial charge in [-0.2, -0.15) is 0 Å². The fraction of sp³-hybridized carbons (Fsp3) is 0.684. The van der Waals surface area contributed by atoms with Crippen LogP contribution in [0.1, 0.15) is 56.6 Å². The van der Waals surface area contributed by atoms with E-state index in [0.29, 0.717) is 11.5 Å². The van der Waals surface area contributed by atoms with Crippen LogP contribution in [0.2, 0.25) is 0 Å². The molecular weight excluding hydrogens is 258 g/mol. The maximum atomic E-state index is 6.21. The van der Waals surface area contributed by atoms with Gasteiger partial charge in [0, 0.05) is 6.42 Å². The van der Waals surface area contributed by atoms with Gasteiger partial charge in [-0.25, -0.2) is 0 Å². The topological polar surface area (TPSA) is 35.2 Å². The first-order valence-electron chi connectivity index (χ1n) is 8.60. The van der Waals surface area contributed by atoms with Crippen molar-refractivity contribution >= 4 is 0 Å². The average molecular weight is 287 g/mol. The number of benzene rings is 1. The Kier molecular flexibility index (Phi) is 4.26. The lowest BCUT2D eigenvalue weighted by atomic mass is 9.66. The first-order chi connectivity index (χ1) is 10.1. The third-order valence-electron chi connectivity index (χ3n) is 5.67. The summed E-state index contributed by atoms with van der Waals surface area (Å²) < 4.78 is 6.20. The van der Waals surface area contributed by atoms with Crippen LogP contribution in [0.4, 0.5) is 0 Å². The second-order valence-electron chi connectivity index (χ2n) is 7.33. The van der Waals surface area contributed by atoms with E-state index in [9.17, 15) is 0 Å². The molecule has 2 N–H and O–H groups in total. The largest absolute Gasteiger partial charge is 0.490 e. The fourth-order valence-electron chi connectivity index (χ4n) is 4.43. The third-order valence-corrected chi connectivity index (χ3v) is 5.67. The SMILES string of the molecule is CCC1CCCC(CN)(CC2Cc3cc(C)ccc3O2)C1. The van der Waals surface area contributed by atoms with Gasteiger partial charge in [0.15, 0.2) is 0 Å². The summed E-state index contributed by atoms with van der Waals surface area (Å²) in [5.41, 5.74) is 9.24. The molecule has 0 spiro atoms. The highest BCUT2D eigenvalue weighted by molar-refractivity contribution is 5.40. The minimum absolute atomic E-state index is 0.320. The highest BCUT2D eigenvalue weighted by Crippen LogP contribution is 2.45. The zero-order valence-electron chi connectivity index (χ0n) is 13.5. The molecule has 1 heterocycles. The van der Waals surface area contributed by atoms with Gasteiger partial charge < -0.3 is 10.5 Å². The summed E-state index contributed by atoms with van der Waals surface area (Å²) in [6.45, 7) is 5.29. The Bertz CT molecular complexity index is 498. The predicted molar refractivity (Wildman–Crippen MR) is 87.7 cm³/mol. The van der Waals surface area contributed by atoms with E-state index in [1.54, 1.807) is 0 Å². The van der Waals surface area contributed by atoms with E-state index in [2.05, 4.69) is 32.0 Å². The van der Waals surface area contributed by atoms with Crippen molar-refractivity contribution in [2.24, 2.45) is 17.1 Å². The lowest BCUT2D eigenvalue weighted by Gasteiger charge is -2.41. The number of fused-ring (bicyclic) bond motifs is 1. The molecule has 3 atom stereocenters. The lowest BCUT2D eigenvalue weighted by molar-refractivity contribution is 0.0769. The molecule has 0 saturated heterocycles. The van der Waals surface area contributed by atoms with E-state index >= 15 is 0 Å². The molecule has 1 aromatic carbocycles. The first-order valence-corrected chi connectivity index (χ1v) is 8.60. The Balaban J connectivity index is 1.69. The van der Waals surface area contributed by atoms with Crippen molar-refractivity contribution in [2.45, 2.75) is 64.9 Å². The molecule has 0 radical (unpaired) electrons. The molecule has 0 bridgehead atoms. The van der Waals surface area contributed by atoms with Crippen LogP contribution in [-0.2, 0) is 6.42 Å². The Morgan fingerprint density at radius 1 is 1.38 bits per heavy atom. The summed E-state index contributed by atoms with van der Waals surface area (Å²) in [5, 5.41) is 0. The molecule has 1 aliphatic heterocycles. The van der Waals surface area contributed by atoms with E-state index in [4.69, 9.17) is 10.5 Å². The maximum Gasteiger partial charge on any atom is 0.123 e. The van der Waals surface area contributed by atoms with Crippen LogP contribution in [0.3, 0.4) is 0 Å². The van der Waals surface area contributed by atoms with Gasteiger partial charge in [-0.15, -0.1) is 0 Å². The fourth-order valence-corrected chi connectivity index (χ4v) is 4.43. The number of ether oxygens (including phenoxy) is 1. The average Bonchev–Trinajstić information content (AvgIpc) is 2.88. The van der Waals surface area contributed by atoms with Crippen molar-refractivity contribution < 1.29 is 4.74 Å². The first kappa shape index (κ1) is 14.9.